The van der Waals surface area contributed by atoms with Crippen LogP contribution in [0.25, 0.3) is 0 Å². The molecule has 156 valence electrons. The van der Waals surface area contributed by atoms with Gasteiger partial charge in [0.05, 0.1) is 12.8 Å². The van der Waals surface area contributed by atoms with Crippen LogP contribution in [0.3, 0.4) is 0 Å². The van der Waals surface area contributed by atoms with Gasteiger partial charge in [0.15, 0.2) is 0 Å². The highest BCUT2D eigenvalue weighted by molar-refractivity contribution is 7.89. The summed E-state index contributed by atoms with van der Waals surface area (Å²) >= 11 is 0. The average Bonchev–Trinajstić information content (AvgIpc) is 2.70. The molecule has 0 aliphatic carbocycles. The molecule has 0 unspecified atom stereocenters. The van der Waals surface area contributed by atoms with E-state index in [-0.39, 0.29) is 42.3 Å². The fourth-order valence-corrected chi connectivity index (χ4v) is 5.02. The number of nitrogens with one attached hydrogen (secondary N) is 1. The molecular formula is C20H22F2N2O4S. The standard InChI is InChI=1S/C20H22F2N2O4S/c1-13-3-6-18(28-2)19(11-13)29(26,27)24-9-7-14(8-10-24)20(25)23-17-12-15(21)4-5-16(17)22/h3-6,11-12,14H,7-10H2,1-2H3,(H,23,25). The van der Waals surface area contributed by atoms with Gasteiger partial charge in [0.1, 0.15) is 22.3 Å². The Morgan fingerprint density at radius 3 is 2.48 bits per heavy atom. The zero-order chi connectivity index (χ0) is 21.2. The van der Waals surface area contributed by atoms with E-state index in [9.17, 15) is 22.0 Å². The number of hydrogen-bond acceptors (Lipinski definition) is 4. The highest BCUT2D eigenvalue weighted by atomic mass is 32.2. The van der Waals surface area contributed by atoms with E-state index in [1.54, 1.807) is 25.1 Å². The molecule has 3 rings (SSSR count). The summed E-state index contributed by atoms with van der Waals surface area (Å²) < 4.78 is 59.5. The monoisotopic (exact) mass is 424 g/mol. The number of ether oxygens (including phenoxy) is 1. The Bertz CT molecular complexity index is 1020. The molecule has 0 saturated carbocycles. The van der Waals surface area contributed by atoms with Crippen LogP contribution in [0.1, 0.15) is 18.4 Å². The minimum Gasteiger partial charge on any atom is -0.495 e. The second kappa shape index (κ2) is 8.46. The van der Waals surface area contributed by atoms with E-state index in [1.165, 1.54) is 11.4 Å². The molecule has 1 fully saturated rings. The van der Waals surface area contributed by atoms with Crippen LogP contribution in [0.5, 0.6) is 5.75 Å². The summed E-state index contributed by atoms with van der Waals surface area (Å²) in [7, 11) is -2.37. The van der Waals surface area contributed by atoms with E-state index in [0.717, 1.165) is 23.8 Å². The van der Waals surface area contributed by atoms with Crippen molar-refractivity contribution in [3.05, 3.63) is 53.6 Å². The number of rotatable bonds is 5. The Hall–Kier alpha value is -2.52. The Morgan fingerprint density at radius 1 is 1.14 bits per heavy atom. The SMILES string of the molecule is COc1ccc(C)cc1S(=O)(=O)N1CCC(C(=O)Nc2cc(F)ccc2F)CC1. The normalized spacial score (nSPS) is 15.9. The van der Waals surface area contributed by atoms with Crippen LogP contribution >= 0.6 is 0 Å². The van der Waals surface area contributed by atoms with Crippen LogP contribution in [0.2, 0.25) is 0 Å². The topological polar surface area (TPSA) is 75.7 Å². The number of nitrogens with zero attached hydrogens (tertiary/aromatic N) is 1. The summed E-state index contributed by atoms with van der Waals surface area (Å²) in [5.74, 6) is -2.08. The zero-order valence-electron chi connectivity index (χ0n) is 16.1. The number of amides is 1. The molecule has 1 amide bonds. The number of piperidine rings is 1. The van der Waals surface area contributed by atoms with Crippen molar-refractivity contribution in [2.45, 2.75) is 24.7 Å². The molecule has 9 heteroatoms. The first-order valence-electron chi connectivity index (χ1n) is 9.13. The van der Waals surface area contributed by atoms with Crippen LogP contribution in [0.4, 0.5) is 14.5 Å². The molecule has 1 saturated heterocycles. The molecule has 6 nitrogen and oxygen atoms in total. The van der Waals surface area contributed by atoms with Crippen LogP contribution in [0.15, 0.2) is 41.3 Å². The van der Waals surface area contributed by atoms with Gasteiger partial charge < -0.3 is 10.1 Å². The summed E-state index contributed by atoms with van der Waals surface area (Å²) in [5, 5.41) is 2.39. The smallest absolute Gasteiger partial charge is 0.246 e. The summed E-state index contributed by atoms with van der Waals surface area (Å²) in [6, 6.07) is 7.75. The van der Waals surface area contributed by atoms with Gasteiger partial charge in [0.25, 0.3) is 0 Å². The fraction of sp³-hybridized carbons (Fsp3) is 0.350. The highest BCUT2D eigenvalue weighted by Crippen LogP contribution is 2.31. The number of methoxy groups -OCH3 is 1. The van der Waals surface area contributed by atoms with Gasteiger partial charge >= 0.3 is 0 Å². The molecule has 0 spiro atoms. The number of carbonyl (C=O) groups is 1. The molecule has 2 aromatic rings. The van der Waals surface area contributed by atoms with Crippen molar-refractivity contribution in [1.82, 2.24) is 4.31 Å². The van der Waals surface area contributed by atoms with E-state index < -0.39 is 33.5 Å². The van der Waals surface area contributed by atoms with Crippen molar-refractivity contribution in [1.29, 1.82) is 0 Å². The number of aryl methyl sites for hydroxylation is 1. The van der Waals surface area contributed by atoms with Gasteiger partial charge in [-0.15, -0.1) is 0 Å². The van der Waals surface area contributed by atoms with Gasteiger partial charge in [-0.3, -0.25) is 4.79 Å². The first kappa shape index (κ1) is 21.2. The first-order chi connectivity index (χ1) is 13.7. The minimum atomic E-state index is -3.78. The molecule has 1 N–H and O–H groups in total. The Kier molecular flexibility index (Phi) is 6.18. The molecule has 0 radical (unpaired) electrons. The minimum absolute atomic E-state index is 0.0877. The van der Waals surface area contributed by atoms with Crippen molar-refractivity contribution in [3.63, 3.8) is 0 Å². The molecular weight excluding hydrogens is 402 g/mol. The van der Waals surface area contributed by atoms with E-state index in [4.69, 9.17) is 4.74 Å². The number of hydrogen-bond donors (Lipinski definition) is 1. The molecule has 1 aliphatic heterocycles. The van der Waals surface area contributed by atoms with E-state index in [2.05, 4.69) is 5.32 Å². The molecule has 0 bridgehead atoms. The highest BCUT2D eigenvalue weighted by Gasteiger charge is 2.34. The number of benzene rings is 2. The third-order valence-electron chi connectivity index (χ3n) is 4.95. The lowest BCUT2D eigenvalue weighted by atomic mass is 9.97. The summed E-state index contributed by atoms with van der Waals surface area (Å²) in [6.45, 7) is 2.08. The third kappa shape index (κ3) is 4.56. The average molecular weight is 424 g/mol. The molecule has 1 aliphatic rings. The van der Waals surface area contributed by atoms with Gasteiger partial charge in [-0.1, -0.05) is 6.07 Å². The van der Waals surface area contributed by atoms with Crippen LogP contribution in [-0.4, -0.2) is 38.8 Å². The summed E-state index contributed by atoms with van der Waals surface area (Å²) in [6.07, 6.45) is 0.548. The lowest BCUT2D eigenvalue weighted by molar-refractivity contribution is -0.120. The maximum Gasteiger partial charge on any atom is 0.246 e. The number of anilines is 1. The molecule has 0 atom stereocenters. The Labute approximate surface area is 168 Å². The molecule has 1 heterocycles. The second-order valence-corrected chi connectivity index (χ2v) is 8.85. The van der Waals surface area contributed by atoms with E-state index in [0.29, 0.717) is 0 Å². The summed E-state index contributed by atoms with van der Waals surface area (Å²) in [5.41, 5.74) is 0.560. The second-order valence-electron chi connectivity index (χ2n) is 6.95. The number of carbonyl (C=O) groups excluding carboxylic acids is 1. The van der Waals surface area contributed by atoms with Gasteiger partial charge in [-0.25, -0.2) is 17.2 Å². The maximum absolute atomic E-state index is 13.7. The van der Waals surface area contributed by atoms with E-state index in [1.807, 2.05) is 0 Å². The fourth-order valence-electron chi connectivity index (χ4n) is 3.31. The van der Waals surface area contributed by atoms with Crippen LogP contribution < -0.4 is 10.1 Å². The lowest BCUT2D eigenvalue weighted by Gasteiger charge is -2.31. The van der Waals surface area contributed by atoms with Crippen molar-refractivity contribution in [2.24, 2.45) is 5.92 Å². The quantitative estimate of drug-likeness (QED) is 0.799. The molecule has 2 aromatic carbocycles. The molecule has 29 heavy (non-hydrogen) atoms. The van der Waals surface area contributed by atoms with Gasteiger partial charge in [-0.2, -0.15) is 4.31 Å². The van der Waals surface area contributed by atoms with Gasteiger partial charge in [-0.05, 0) is 49.6 Å². The predicted octanol–water partition coefficient (Wildman–Crippen LogP) is 3.32. The molecule has 0 aromatic heterocycles. The van der Waals surface area contributed by atoms with Crippen molar-refractivity contribution in [3.8, 4) is 5.75 Å². The Balaban J connectivity index is 1.69. The van der Waals surface area contributed by atoms with Gasteiger partial charge in [0.2, 0.25) is 15.9 Å². The van der Waals surface area contributed by atoms with Crippen LogP contribution in [-0.2, 0) is 14.8 Å². The predicted molar refractivity (Wildman–Crippen MR) is 104 cm³/mol. The maximum atomic E-state index is 13.7. The number of sulfonamides is 1. The van der Waals surface area contributed by atoms with Crippen LogP contribution in [0, 0.1) is 24.5 Å². The van der Waals surface area contributed by atoms with Crippen molar-refractivity contribution >= 4 is 21.6 Å². The summed E-state index contributed by atoms with van der Waals surface area (Å²) in [4.78, 5) is 12.5. The largest absolute Gasteiger partial charge is 0.495 e. The zero-order valence-corrected chi connectivity index (χ0v) is 16.9. The van der Waals surface area contributed by atoms with Crippen molar-refractivity contribution < 1.29 is 26.7 Å². The number of halogens is 2. The third-order valence-corrected chi connectivity index (χ3v) is 6.87. The Morgan fingerprint density at radius 2 is 1.83 bits per heavy atom. The lowest BCUT2D eigenvalue weighted by Crippen LogP contribution is -2.41. The van der Waals surface area contributed by atoms with Gasteiger partial charge in [0, 0.05) is 25.1 Å². The first-order valence-corrected chi connectivity index (χ1v) is 10.6. The van der Waals surface area contributed by atoms with Crippen molar-refractivity contribution in [2.75, 3.05) is 25.5 Å². The van der Waals surface area contributed by atoms with E-state index >= 15 is 0 Å².